The summed E-state index contributed by atoms with van der Waals surface area (Å²) in [7, 11) is 0. The molecule has 0 aliphatic heterocycles. The van der Waals surface area contributed by atoms with Gasteiger partial charge < -0.3 is 9.32 Å². The summed E-state index contributed by atoms with van der Waals surface area (Å²) in [6, 6.07) is 46.6. The summed E-state index contributed by atoms with van der Waals surface area (Å²) in [4.78, 5) is 6.60. The Labute approximate surface area is 221 Å². The molecule has 0 radical (unpaired) electrons. The van der Waals surface area contributed by atoms with Gasteiger partial charge in [-0.1, -0.05) is 97.1 Å². The number of pyridine rings is 1. The first-order valence-corrected chi connectivity index (χ1v) is 12.7. The Morgan fingerprint density at radius 3 is 1.61 bits per heavy atom. The van der Waals surface area contributed by atoms with Gasteiger partial charge in [-0.3, -0.25) is 4.98 Å². The molecule has 0 saturated carbocycles. The van der Waals surface area contributed by atoms with Gasteiger partial charge in [-0.15, -0.1) is 0 Å². The molecule has 0 spiro atoms. The minimum Gasteiger partial charge on any atom is -0.454 e. The van der Waals surface area contributed by atoms with Crippen molar-refractivity contribution < 1.29 is 4.42 Å². The highest BCUT2D eigenvalue weighted by molar-refractivity contribution is 6.10. The maximum absolute atomic E-state index is 6.41. The van der Waals surface area contributed by atoms with Gasteiger partial charge in [0, 0.05) is 34.5 Å². The zero-order chi connectivity index (χ0) is 25.3. The number of rotatable bonds is 5. The molecular weight excluding hydrogens is 464 g/mol. The smallest absolute Gasteiger partial charge is 0.159 e. The summed E-state index contributed by atoms with van der Waals surface area (Å²) in [5.74, 6) is 0. The van der Waals surface area contributed by atoms with E-state index in [1.807, 2.05) is 24.4 Å². The van der Waals surface area contributed by atoms with Crippen LogP contribution in [0.25, 0.3) is 44.2 Å². The van der Waals surface area contributed by atoms with Crippen LogP contribution < -0.4 is 4.90 Å². The molecule has 3 heteroatoms. The van der Waals surface area contributed by atoms with Crippen LogP contribution in [0.3, 0.4) is 0 Å². The standard InChI is InChI=1S/C35H24N2O/c1-3-8-25(9-4-1)27-14-18-29(19-15-27)37(30-20-16-28(17-21-30)26-10-5-2-6-11-26)33-13-7-12-31-32-24-36-23-22-34(32)38-35(31)33/h1-24H. The molecule has 5 aromatic carbocycles. The fourth-order valence-electron chi connectivity index (χ4n) is 5.10. The van der Waals surface area contributed by atoms with Crippen LogP contribution in [-0.2, 0) is 0 Å². The Morgan fingerprint density at radius 1 is 0.474 bits per heavy atom. The van der Waals surface area contributed by atoms with Crippen LogP contribution in [0.5, 0.6) is 0 Å². The van der Waals surface area contributed by atoms with E-state index < -0.39 is 0 Å². The number of para-hydroxylation sites is 1. The van der Waals surface area contributed by atoms with Gasteiger partial charge >= 0.3 is 0 Å². The third kappa shape index (κ3) is 3.91. The van der Waals surface area contributed by atoms with E-state index in [1.54, 1.807) is 6.20 Å². The highest BCUT2D eigenvalue weighted by atomic mass is 16.3. The molecule has 0 atom stereocenters. The molecule has 0 fully saturated rings. The number of furan rings is 1. The number of nitrogens with zero attached hydrogens (tertiary/aromatic N) is 2. The van der Waals surface area contributed by atoms with Gasteiger partial charge in [0.15, 0.2) is 5.58 Å². The second-order valence-electron chi connectivity index (χ2n) is 9.29. The molecule has 0 N–H and O–H groups in total. The summed E-state index contributed by atoms with van der Waals surface area (Å²) in [6.07, 6.45) is 3.64. The molecule has 0 amide bonds. The average molecular weight is 489 g/mol. The van der Waals surface area contributed by atoms with Crippen LogP contribution in [0.15, 0.2) is 150 Å². The number of fused-ring (bicyclic) bond motifs is 3. The van der Waals surface area contributed by atoms with Crippen molar-refractivity contribution in [3.8, 4) is 22.3 Å². The normalized spacial score (nSPS) is 11.2. The lowest BCUT2D eigenvalue weighted by molar-refractivity contribution is 0.668. The van der Waals surface area contributed by atoms with Gasteiger partial charge in [-0.25, -0.2) is 0 Å². The fraction of sp³-hybridized carbons (Fsp3) is 0. The van der Waals surface area contributed by atoms with Crippen LogP contribution in [0.2, 0.25) is 0 Å². The van der Waals surface area contributed by atoms with Crippen LogP contribution in [0.4, 0.5) is 17.1 Å². The molecule has 3 nitrogen and oxygen atoms in total. The van der Waals surface area contributed by atoms with E-state index in [2.05, 4.69) is 125 Å². The third-order valence-corrected chi connectivity index (χ3v) is 6.98. The topological polar surface area (TPSA) is 29.3 Å². The number of hydrogen-bond donors (Lipinski definition) is 0. The van der Waals surface area contributed by atoms with E-state index in [-0.39, 0.29) is 0 Å². The Bertz CT molecular complexity index is 1760. The molecule has 38 heavy (non-hydrogen) atoms. The molecule has 0 bridgehead atoms. The SMILES string of the molecule is c1ccc(-c2ccc(N(c3ccc(-c4ccccc4)cc3)c3cccc4c3oc3ccncc34)cc2)cc1. The fourth-order valence-corrected chi connectivity index (χ4v) is 5.10. The van der Waals surface area contributed by atoms with E-state index in [0.717, 1.165) is 39.0 Å². The van der Waals surface area contributed by atoms with Crippen LogP contribution in [0, 0.1) is 0 Å². The van der Waals surface area contributed by atoms with E-state index >= 15 is 0 Å². The van der Waals surface area contributed by atoms with E-state index in [4.69, 9.17) is 4.42 Å². The average Bonchev–Trinajstić information content (AvgIpc) is 3.39. The molecule has 0 unspecified atom stereocenters. The molecule has 0 saturated heterocycles. The Kier molecular flexibility index (Phi) is 5.45. The van der Waals surface area contributed by atoms with E-state index in [1.165, 1.54) is 22.3 Å². The quantitative estimate of drug-likeness (QED) is 0.241. The van der Waals surface area contributed by atoms with Crippen molar-refractivity contribution in [2.45, 2.75) is 0 Å². The molecule has 2 heterocycles. The van der Waals surface area contributed by atoms with Crippen molar-refractivity contribution in [3.05, 3.63) is 146 Å². The number of hydrogen-bond acceptors (Lipinski definition) is 3. The first-order valence-electron chi connectivity index (χ1n) is 12.7. The van der Waals surface area contributed by atoms with Gasteiger partial charge in [-0.2, -0.15) is 0 Å². The first kappa shape index (κ1) is 22.1. The molecule has 0 aliphatic rings. The van der Waals surface area contributed by atoms with E-state index in [9.17, 15) is 0 Å². The molecular formula is C35H24N2O. The molecule has 7 aromatic rings. The molecule has 7 rings (SSSR count). The van der Waals surface area contributed by atoms with Crippen molar-refractivity contribution in [2.75, 3.05) is 4.90 Å². The van der Waals surface area contributed by atoms with Crippen molar-refractivity contribution in [1.82, 2.24) is 4.98 Å². The maximum atomic E-state index is 6.41. The van der Waals surface area contributed by atoms with Gasteiger partial charge in [0.1, 0.15) is 5.58 Å². The van der Waals surface area contributed by atoms with Gasteiger partial charge in [0.25, 0.3) is 0 Å². The summed E-state index contributed by atoms with van der Waals surface area (Å²) < 4.78 is 6.41. The lowest BCUT2D eigenvalue weighted by atomic mass is 10.0. The number of benzene rings is 5. The van der Waals surface area contributed by atoms with Crippen LogP contribution in [0.1, 0.15) is 0 Å². The number of anilines is 3. The monoisotopic (exact) mass is 488 g/mol. The summed E-state index contributed by atoms with van der Waals surface area (Å²) in [5, 5.41) is 2.07. The van der Waals surface area contributed by atoms with Crippen LogP contribution in [-0.4, -0.2) is 4.98 Å². The summed E-state index contributed by atoms with van der Waals surface area (Å²) in [6.45, 7) is 0. The second kappa shape index (κ2) is 9.38. The molecule has 180 valence electrons. The molecule has 2 aromatic heterocycles. The van der Waals surface area contributed by atoms with Gasteiger partial charge in [0.2, 0.25) is 0 Å². The zero-order valence-corrected chi connectivity index (χ0v) is 20.7. The third-order valence-electron chi connectivity index (χ3n) is 6.98. The first-order chi connectivity index (χ1) is 18.8. The van der Waals surface area contributed by atoms with Crippen LogP contribution >= 0.6 is 0 Å². The Hall–Kier alpha value is -5.15. The summed E-state index contributed by atoms with van der Waals surface area (Å²) in [5.41, 5.74) is 9.54. The lowest BCUT2D eigenvalue weighted by Crippen LogP contribution is -2.10. The number of aromatic nitrogens is 1. The van der Waals surface area contributed by atoms with Crippen molar-refractivity contribution in [2.24, 2.45) is 0 Å². The minimum atomic E-state index is 0.834. The predicted octanol–water partition coefficient (Wildman–Crippen LogP) is 9.78. The van der Waals surface area contributed by atoms with Crippen molar-refractivity contribution in [1.29, 1.82) is 0 Å². The largest absolute Gasteiger partial charge is 0.454 e. The van der Waals surface area contributed by atoms with Crippen molar-refractivity contribution in [3.63, 3.8) is 0 Å². The highest BCUT2D eigenvalue weighted by Crippen LogP contribution is 2.42. The Morgan fingerprint density at radius 2 is 1.03 bits per heavy atom. The Balaban J connectivity index is 1.39. The minimum absolute atomic E-state index is 0.834. The van der Waals surface area contributed by atoms with Crippen molar-refractivity contribution >= 4 is 39.0 Å². The molecule has 0 aliphatic carbocycles. The zero-order valence-electron chi connectivity index (χ0n) is 20.7. The highest BCUT2D eigenvalue weighted by Gasteiger charge is 2.19. The summed E-state index contributed by atoms with van der Waals surface area (Å²) >= 11 is 0. The van der Waals surface area contributed by atoms with E-state index in [0.29, 0.717) is 0 Å². The van der Waals surface area contributed by atoms with Gasteiger partial charge in [-0.05, 0) is 58.7 Å². The second-order valence-corrected chi connectivity index (χ2v) is 9.29. The maximum Gasteiger partial charge on any atom is 0.159 e. The lowest BCUT2D eigenvalue weighted by Gasteiger charge is -2.26. The predicted molar refractivity (Wildman–Crippen MR) is 157 cm³/mol. The van der Waals surface area contributed by atoms with Gasteiger partial charge in [0.05, 0.1) is 5.69 Å².